The van der Waals surface area contributed by atoms with Crippen LogP contribution in [0.5, 0.6) is 0 Å². The predicted octanol–water partition coefficient (Wildman–Crippen LogP) is 2.58. The Morgan fingerprint density at radius 2 is 1.90 bits per heavy atom. The Labute approximate surface area is 171 Å². The van der Waals surface area contributed by atoms with Gasteiger partial charge in [-0.05, 0) is 17.2 Å². The molecule has 0 fully saturated rings. The number of nitrogens with one attached hydrogen (secondary N) is 1. The van der Waals surface area contributed by atoms with Crippen molar-refractivity contribution in [2.75, 3.05) is 12.9 Å². The van der Waals surface area contributed by atoms with E-state index in [4.69, 9.17) is 5.26 Å². The van der Waals surface area contributed by atoms with Gasteiger partial charge in [-0.15, -0.1) is 4.36 Å². The molecule has 2 N–H and O–H groups in total. The van der Waals surface area contributed by atoms with E-state index in [1.165, 1.54) is 30.8 Å². The van der Waals surface area contributed by atoms with Crippen molar-refractivity contribution in [3.8, 4) is 17.3 Å². The largest absolute Gasteiger partial charge is 0.386 e. The number of nitrogens with zero attached hydrogens (tertiary/aromatic N) is 3. The van der Waals surface area contributed by atoms with Crippen LogP contribution in [0, 0.1) is 11.5 Å². The summed E-state index contributed by atoms with van der Waals surface area (Å²) in [7, 11) is -2.69. The standard InChI is InChI=1S/C19H19F3N4O3S/c1-30(29,25-11-23)10-15-7-6-14(9-24-15)12-2-4-13(5-3-12)17(27)16(8-20)26-19(28)18(21)22/h2-7,9,16-18,27H,8,10H2,1H3,(H,26,28)/t16-,17-,30?/m1/s1. The fourth-order valence-corrected chi connectivity index (χ4v) is 3.58. The first kappa shape index (κ1) is 23.3. The topological polar surface area (TPSA) is 115 Å². The number of benzene rings is 1. The predicted molar refractivity (Wildman–Crippen MR) is 104 cm³/mol. The lowest BCUT2D eigenvalue weighted by molar-refractivity contribution is -0.133. The first-order valence-electron chi connectivity index (χ1n) is 8.62. The molecule has 1 unspecified atom stereocenters. The lowest BCUT2D eigenvalue weighted by atomic mass is 9.99. The number of hydrogen-bond donors (Lipinski definition) is 2. The normalized spacial score (nSPS) is 15.0. The fraction of sp³-hybridized carbons (Fsp3) is 0.316. The van der Waals surface area contributed by atoms with E-state index < -0.39 is 40.9 Å². The summed E-state index contributed by atoms with van der Waals surface area (Å²) in [5.74, 6) is -1.63. The van der Waals surface area contributed by atoms with Gasteiger partial charge in [0, 0.05) is 18.0 Å². The van der Waals surface area contributed by atoms with Crippen LogP contribution in [-0.4, -0.2) is 45.6 Å². The number of pyridine rings is 1. The van der Waals surface area contributed by atoms with Gasteiger partial charge in [0.25, 0.3) is 5.91 Å². The van der Waals surface area contributed by atoms with Gasteiger partial charge in [0.15, 0.2) is 0 Å². The second kappa shape index (κ2) is 10.2. The van der Waals surface area contributed by atoms with E-state index in [-0.39, 0.29) is 11.3 Å². The summed E-state index contributed by atoms with van der Waals surface area (Å²) in [6.07, 6.45) is -0.384. The first-order chi connectivity index (χ1) is 14.2. The molecule has 2 rings (SSSR count). The van der Waals surface area contributed by atoms with Crippen molar-refractivity contribution >= 4 is 15.6 Å². The van der Waals surface area contributed by atoms with Gasteiger partial charge in [-0.2, -0.15) is 14.0 Å². The molecule has 0 spiro atoms. The molecule has 11 heteroatoms. The molecule has 1 heterocycles. The van der Waals surface area contributed by atoms with Gasteiger partial charge in [0.2, 0.25) is 6.19 Å². The number of rotatable bonds is 8. The zero-order valence-corrected chi connectivity index (χ0v) is 16.7. The van der Waals surface area contributed by atoms with Crippen LogP contribution in [0.2, 0.25) is 0 Å². The molecule has 30 heavy (non-hydrogen) atoms. The summed E-state index contributed by atoms with van der Waals surface area (Å²) in [5.41, 5.74) is 2.15. The van der Waals surface area contributed by atoms with E-state index >= 15 is 0 Å². The number of carbonyl (C=O) groups is 1. The second-order valence-corrected chi connectivity index (χ2v) is 8.86. The number of nitriles is 1. The molecule has 1 amide bonds. The minimum Gasteiger partial charge on any atom is -0.386 e. The number of aliphatic hydroxyl groups is 1. The molecule has 0 aliphatic heterocycles. The Morgan fingerprint density at radius 1 is 1.27 bits per heavy atom. The Morgan fingerprint density at radius 3 is 2.40 bits per heavy atom. The van der Waals surface area contributed by atoms with Gasteiger partial charge < -0.3 is 10.4 Å². The zero-order valence-electron chi connectivity index (χ0n) is 15.8. The summed E-state index contributed by atoms with van der Waals surface area (Å²) < 4.78 is 53.2. The van der Waals surface area contributed by atoms with E-state index in [1.807, 2.05) is 0 Å². The molecule has 1 aromatic heterocycles. The average molecular weight is 440 g/mol. The molecule has 0 aliphatic carbocycles. The Balaban J connectivity index is 2.13. The third-order valence-electron chi connectivity index (χ3n) is 4.13. The third kappa shape index (κ3) is 6.27. The molecule has 0 radical (unpaired) electrons. The number of hydrogen-bond acceptors (Lipinski definition) is 6. The highest BCUT2D eigenvalue weighted by Gasteiger charge is 2.26. The van der Waals surface area contributed by atoms with Gasteiger partial charge in [-0.1, -0.05) is 30.3 Å². The molecule has 2 aromatic rings. The molecular weight excluding hydrogens is 421 g/mol. The molecule has 0 aliphatic rings. The van der Waals surface area contributed by atoms with Gasteiger partial charge in [0.05, 0.1) is 27.2 Å². The highest BCUT2D eigenvalue weighted by atomic mass is 32.2. The zero-order chi connectivity index (χ0) is 22.3. The molecule has 3 atom stereocenters. The van der Waals surface area contributed by atoms with Crippen LogP contribution in [-0.2, 0) is 20.3 Å². The van der Waals surface area contributed by atoms with Crippen molar-refractivity contribution in [3.63, 3.8) is 0 Å². The number of alkyl halides is 3. The minimum absolute atomic E-state index is 0.0287. The molecule has 0 bridgehead atoms. The Hall–Kier alpha value is -2.97. The van der Waals surface area contributed by atoms with Crippen LogP contribution in [0.25, 0.3) is 11.1 Å². The van der Waals surface area contributed by atoms with Crippen molar-refractivity contribution in [3.05, 3.63) is 53.9 Å². The number of aromatic nitrogens is 1. The van der Waals surface area contributed by atoms with Gasteiger partial charge in [-0.25, -0.2) is 8.60 Å². The van der Waals surface area contributed by atoms with Gasteiger partial charge >= 0.3 is 6.43 Å². The molecular formula is C19H19F3N4O3S. The smallest absolute Gasteiger partial charge is 0.315 e. The summed E-state index contributed by atoms with van der Waals surface area (Å²) in [4.78, 5) is 15.3. The van der Waals surface area contributed by atoms with Crippen molar-refractivity contribution in [1.82, 2.24) is 10.3 Å². The molecule has 160 valence electrons. The minimum atomic E-state index is -3.31. The summed E-state index contributed by atoms with van der Waals surface area (Å²) in [5, 5.41) is 20.5. The van der Waals surface area contributed by atoms with Crippen LogP contribution in [0.4, 0.5) is 13.2 Å². The summed E-state index contributed by atoms with van der Waals surface area (Å²) in [6.45, 7) is -1.22. The monoisotopic (exact) mass is 440 g/mol. The van der Waals surface area contributed by atoms with Crippen LogP contribution in [0.3, 0.4) is 0 Å². The number of amides is 1. The van der Waals surface area contributed by atoms with Crippen molar-refractivity contribution in [2.45, 2.75) is 24.3 Å². The quantitative estimate of drug-likeness (QED) is 0.612. The average Bonchev–Trinajstić information content (AvgIpc) is 2.71. The van der Waals surface area contributed by atoms with Crippen molar-refractivity contribution in [1.29, 1.82) is 5.26 Å². The third-order valence-corrected chi connectivity index (χ3v) is 5.43. The molecule has 1 aromatic carbocycles. The van der Waals surface area contributed by atoms with Crippen molar-refractivity contribution in [2.24, 2.45) is 4.36 Å². The maximum atomic E-state index is 13.1. The maximum absolute atomic E-state index is 13.1. The number of aliphatic hydroxyl groups excluding tert-OH is 1. The number of halogens is 3. The maximum Gasteiger partial charge on any atom is 0.315 e. The molecule has 0 saturated carbocycles. The van der Waals surface area contributed by atoms with E-state index in [9.17, 15) is 27.3 Å². The SMILES string of the molecule is CS(=O)(Cc1ccc(-c2ccc([C@@H](O)[C@@H](CF)NC(=O)C(F)F)cc2)cn1)=NC#N. The van der Waals surface area contributed by atoms with Gasteiger partial charge in [0.1, 0.15) is 12.8 Å². The summed E-state index contributed by atoms with van der Waals surface area (Å²) in [6, 6.07) is 8.07. The Kier molecular flexibility index (Phi) is 7.91. The van der Waals surface area contributed by atoms with E-state index in [1.54, 1.807) is 29.6 Å². The van der Waals surface area contributed by atoms with Crippen LogP contribution < -0.4 is 5.32 Å². The lowest BCUT2D eigenvalue weighted by Gasteiger charge is -2.22. The highest BCUT2D eigenvalue weighted by Crippen LogP contribution is 2.24. The van der Waals surface area contributed by atoms with Crippen LogP contribution in [0.15, 0.2) is 47.0 Å². The number of carbonyl (C=O) groups excluding carboxylic acids is 1. The first-order valence-corrected chi connectivity index (χ1v) is 10.7. The Bertz CT molecular complexity index is 1030. The summed E-state index contributed by atoms with van der Waals surface area (Å²) >= 11 is 0. The van der Waals surface area contributed by atoms with E-state index in [0.717, 1.165) is 0 Å². The fourth-order valence-electron chi connectivity index (χ4n) is 2.63. The molecule has 0 saturated heterocycles. The molecule has 7 nitrogen and oxygen atoms in total. The van der Waals surface area contributed by atoms with E-state index in [2.05, 4.69) is 9.35 Å². The second-order valence-electron chi connectivity index (χ2n) is 6.47. The van der Waals surface area contributed by atoms with E-state index in [0.29, 0.717) is 16.8 Å². The van der Waals surface area contributed by atoms with Crippen LogP contribution >= 0.6 is 0 Å². The van der Waals surface area contributed by atoms with Gasteiger partial charge in [-0.3, -0.25) is 9.78 Å². The van der Waals surface area contributed by atoms with Crippen molar-refractivity contribution < 1.29 is 27.3 Å². The lowest BCUT2D eigenvalue weighted by Crippen LogP contribution is -2.43. The van der Waals surface area contributed by atoms with Crippen LogP contribution in [0.1, 0.15) is 17.4 Å². The highest BCUT2D eigenvalue weighted by molar-refractivity contribution is 7.92.